The van der Waals surface area contributed by atoms with Crippen LogP contribution < -0.4 is 15.0 Å². The van der Waals surface area contributed by atoms with Gasteiger partial charge in [0, 0.05) is 81.5 Å². The van der Waals surface area contributed by atoms with Crippen molar-refractivity contribution in [3.05, 3.63) is 89.4 Å². The van der Waals surface area contributed by atoms with Gasteiger partial charge < -0.3 is 24.4 Å². The molecule has 1 fully saturated rings. The van der Waals surface area contributed by atoms with Crippen LogP contribution in [0.1, 0.15) is 44.5 Å². The standard InChI is InChI=1S/C34H31F3N8O4/c1-19(46)44-15-21(16-44)40-32(47)27-13-22(49-3)12-26-29(4-6-39-30(26)27)45-8-5-23-24(28-17-42(2)41-31(28)34(35,36)37)10-20(11-25(23)33(45)48)14-43-9-7-38-18-43/h4,6-7,9-13,17-18,21H,5,8,14-16H2,1-3H3,(H,40,47). The van der Waals surface area contributed by atoms with Crippen molar-refractivity contribution < 1.29 is 32.3 Å². The fourth-order valence-corrected chi connectivity index (χ4v) is 6.54. The molecule has 0 saturated carbocycles. The van der Waals surface area contributed by atoms with Gasteiger partial charge in [-0.3, -0.25) is 24.0 Å². The molecular weight excluding hydrogens is 641 g/mol. The van der Waals surface area contributed by atoms with Crippen LogP contribution >= 0.6 is 0 Å². The number of anilines is 1. The zero-order valence-electron chi connectivity index (χ0n) is 26.8. The summed E-state index contributed by atoms with van der Waals surface area (Å²) in [6.45, 7) is 2.70. The van der Waals surface area contributed by atoms with Crippen molar-refractivity contribution in [1.82, 2.24) is 34.5 Å². The van der Waals surface area contributed by atoms with E-state index in [0.29, 0.717) is 52.1 Å². The van der Waals surface area contributed by atoms with Gasteiger partial charge in [-0.05, 0) is 53.4 Å². The SMILES string of the molecule is COc1cc(C(=O)NC2CN(C(C)=O)C2)c2nccc(N3CCc4c(cc(Cn5ccnc5)cc4-c4cn(C)nc4C(F)(F)F)C3=O)c2c1. The fraction of sp³-hybridized carbons (Fsp3) is 0.294. The van der Waals surface area contributed by atoms with Crippen LogP contribution in [0.15, 0.2) is 61.4 Å². The number of alkyl halides is 3. The van der Waals surface area contributed by atoms with Crippen molar-refractivity contribution in [3.8, 4) is 16.9 Å². The number of benzene rings is 2. The number of aryl methyl sites for hydroxylation is 1. The average molecular weight is 673 g/mol. The van der Waals surface area contributed by atoms with Gasteiger partial charge in [-0.25, -0.2) is 4.98 Å². The van der Waals surface area contributed by atoms with Gasteiger partial charge in [0.15, 0.2) is 5.69 Å². The first-order chi connectivity index (χ1) is 23.4. The fourth-order valence-electron chi connectivity index (χ4n) is 6.54. The van der Waals surface area contributed by atoms with Gasteiger partial charge in [0.05, 0.1) is 36.2 Å². The third-order valence-corrected chi connectivity index (χ3v) is 8.91. The molecule has 0 atom stereocenters. The lowest BCUT2D eigenvalue weighted by molar-refractivity contribution is -0.141. The van der Waals surface area contributed by atoms with Crippen LogP contribution in [0, 0.1) is 0 Å². The molecule has 2 aromatic carbocycles. The Morgan fingerprint density at radius 3 is 2.55 bits per heavy atom. The summed E-state index contributed by atoms with van der Waals surface area (Å²) in [4.78, 5) is 51.3. The lowest BCUT2D eigenvalue weighted by Gasteiger charge is -2.38. The minimum absolute atomic E-state index is 0.0707. The maximum absolute atomic E-state index is 14.4. The summed E-state index contributed by atoms with van der Waals surface area (Å²) in [6.07, 6.45) is 3.30. The number of fused-ring (bicyclic) bond motifs is 2. The van der Waals surface area contributed by atoms with E-state index in [9.17, 15) is 27.6 Å². The number of carbonyl (C=O) groups is 3. The molecule has 252 valence electrons. The Morgan fingerprint density at radius 1 is 1.08 bits per heavy atom. The largest absolute Gasteiger partial charge is 0.497 e. The molecule has 0 radical (unpaired) electrons. The normalized spacial score (nSPS) is 14.9. The number of imidazole rings is 1. The number of rotatable bonds is 7. The van der Waals surface area contributed by atoms with Gasteiger partial charge in [0.2, 0.25) is 5.91 Å². The van der Waals surface area contributed by atoms with E-state index >= 15 is 0 Å². The summed E-state index contributed by atoms with van der Waals surface area (Å²) >= 11 is 0. The number of pyridine rings is 1. The number of ether oxygens (including phenoxy) is 1. The van der Waals surface area contributed by atoms with Gasteiger partial charge >= 0.3 is 6.18 Å². The summed E-state index contributed by atoms with van der Waals surface area (Å²) in [6, 6.07) is 8.12. The van der Waals surface area contributed by atoms with Crippen LogP contribution in [0.25, 0.3) is 22.0 Å². The first-order valence-electron chi connectivity index (χ1n) is 15.5. The van der Waals surface area contributed by atoms with Crippen LogP contribution in [0.4, 0.5) is 18.9 Å². The van der Waals surface area contributed by atoms with E-state index < -0.39 is 23.7 Å². The highest BCUT2D eigenvalue weighted by atomic mass is 19.4. The molecule has 12 nitrogen and oxygen atoms in total. The molecule has 2 aliphatic rings. The van der Waals surface area contributed by atoms with E-state index in [1.165, 1.54) is 33.5 Å². The third kappa shape index (κ3) is 5.85. The zero-order valence-corrected chi connectivity index (χ0v) is 26.8. The van der Waals surface area contributed by atoms with E-state index in [1.54, 1.807) is 63.4 Å². The number of amides is 3. The Hall–Kier alpha value is -5.73. The minimum atomic E-state index is -4.71. The number of nitrogens with one attached hydrogen (secondary N) is 1. The van der Waals surface area contributed by atoms with Crippen LogP contribution in [-0.4, -0.2) is 79.7 Å². The molecule has 2 aliphatic heterocycles. The lowest BCUT2D eigenvalue weighted by atomic mass is 9.87. The van der Waals surface area contributed by atoms with Gasteiger partial charge in [0.25, 0.3) is 11.8 Å². The molecule has 7 rings (SSSR count). The molecule has 0 spiro atoms. The first kappa shape index (κ1) is 31.8. The molecule has 1 saturated heterocycles. The molecule has 15 heteroatoms. The van der Waals surface area contributed by atoms with Crippen molar-refractivity contribution in [2.75, 3.05) is 31.6 Å². The van der Waals surface area contributed by atoms with Crippen molar-refractivity contribution in [2.45, 2.75) is 32.1 Å². The number of halogens is 3. The predicted molar refractivity (Wildman–Crippen MR) is 172 cm³/mol. The van der Waals surface area contributed by atoms with Crippen molar-refractivity contribution in [2.24, 2.45) is 7.05 Å². The summed E-state index contributed by atoms with van der Waals surface area (Å²) in [5.74, 6) is -0.508. The summed E-state index contributed by atoms with van der Waals surface area (Å²) in [5, 5.41) is 7.15. The van der Waals surface area contributed by atoms with Crippen molar-refractivity contribution in [1.29, 1.82) is 0 Å². The molecule has 5 heterocycles. The average Bonchev–Trinajstić information content (AvgIpc) is 3.71. The van der Waals surface area contributed by atoms with Crippen molar-refractivity contribution in [3.63, 3.8) is 0 Å². The number of nitrogens with zero attached hydrogens (tertiary/aromatic N) is 7. The Bertz CT molecular complexity index is 2120. The van der Waals surface area contributed by atoms with E-state index in [-0.39, 0.29) is 48.1 Å². The molecule has 3 aromatic heterocycles. The van der Waals surface area contributed by atoms with E-state index in [2.05, 4.69) is 20.4 Å². The molecule has 5 aromatic rings. The van der Waals surface area contributed by atoms with Gasteiger partial charge in [-0.1, -0.05) is 0 Å². The Labute approximate surface area is 278 Å². The Kier molecular flexibility index (Phi) is 7.84. The monoisotopic (exact) mass is 672 g/mol. The Morgan fingerprint density at radius 2 is 1.86 bits per heavy atom. The van der Waals surface area contributed by atoms with Crippen LogP contribution in [0.3, 0.4) is 0 Å². The highest BCUT2D eigenvalue weighted by molar-refractivity contribution is 6.15. The minimum Gasteiger partial charge on any atom is -0.497 e. The zero-order chi connectivity index (χ0) is 34.6. The first-order valence-corrected chi connectivity index (χ1v) is 15.5. The van der Waals surface area contributed by atoms with E-state index in [1.807, 2.05) is 0 Å². The second kappa shape index (κ2) is 12.1. The maximum atomic E-state index is 14.4. The molecule has 0 unspecified atom stereocenters. The number of hydrogen-bond donors (Lipinski definition) is 1. The number of hydrogen-bond acceptors (Lipinski definition) is 7. The van der Waals surface area contributed by atoms with Crippen LogP contribution in [0.2, 0.25) is 0 Å². The van der Waals surface area contributed by atoms with Gasteiger partial charge in [-0.15, -0.1) is 0 Å². The summed E-state index contributed by atoms with van der Waals surface area (Å²) in [5.41, 5.74) is 1.58. The quantitative estimate of drug-likeness (QED) is 0.276. The highest BCUT2D eigenvalue weighted by Crippen LogP contribution is 2.41. The topological polar surface area (TPSA) is 127 Å². The highest BCUT2D eigenvalue weighted by Gasteiger charge is 2.39. The second-order valence-corrected chi connectivity index (χ2v) is 12.2. The molecular formula is C34H31F3N8O4. The summed E-state index contributed by atoms with van der Waals surface area (Å²) < 4.78 is 50.9. The van der Waals surface area contributed by atoms with E-state index in [0.717, 1.165) is 4.68 Å². The Balaban J connectivity index is 1.30. The van der Waals surface area contributed by atoms with E-state index in [4.69, 9.17) is 4.74 Å². The molecule has 0 bridgehead atoms. The maximum Gasteiger partial charge on any atom is 0.435 e. The number of carbonyl (C=O) groups excluding carboxylic acids is 3. The van der Waals surface area contributed by atoms with Crippen LogP contribution in [-0.2, 0) is 31.0 Å². The molecule has 49 heavy (non-hydrogen) atoms. The third-order valence-electron chi connectivity index (χ3n) is 8.91. The molecule has 3 amide bonds. The van der Waals surface area contributed by atoms with Crippen LogP contribution in [0.5, 0.6) is 5.75 Å². The van der Waals surface area contributed by atoms with Gasteiger partial charge in [0.1, 0.15) is 5.75 Å². The van der Waals surface area contributed by atoms with Gasteiger partial charge in [-0.2, -0.15) is 18.3 Å². The number of likely N-dealkylation sites (tertiary alicyclic amines) is 1. The van der Waals surface area contributed by atoms with Crippen molar-refractivity contribution >= 4 is 34.3 Å². The molecule has 1 N–H and O–H groups in total. The summed E-state index contributed by atoms with van der Waals surface area (Å²) in [7, 11) is 2.90. The molecule has 0 aliphatic carbocycles. The number of aromatic nitrogens is 5. The smallest absolute Gasteiger partial charge is 0.435 e. The predicted octanol–water partition coefficient (Wildman–Crippen LogP) is 4.07. The second-order valence-electron chi connectivity index (χ2n) is 12.2. The number of methoxy groups -OCH3 is 1. The lowest BCUT2D eigenvalue weighted by Crippen LogP contribution is -2.60.